The number of hydrogen-bond acceptors (Lipinski definition) is 3. The van der Waals surface area contributed by atoms with E-state index in [-0.39, 0.29) is 0 Å². The van der Waals surface area contributed by atoms with Crippen LogP contribution < -0.4 is 0 Å². The fourth-order valence-electron chi connectivity index (χ4n) is 1.91. The molecule has 0 radical (unpaired) electrons. The number of halogens is 1. The van der Waals surface area contributed by atoms with Crippen LogP contribution in [-0.2, 0) is 14.2 Å². The van der Waals surface area contributed by atoms with E-state index >= 15 is 0 Å². The van der Waals surface area contributed by atoms with Crippen LogP contribution in [0.3, 0.4) is 0 Å². The standard InChI is InChI=1S/C13H27FO3/c1-5-6-7-8-9-10-11-12(14)13(15-2,16-3)17-4/h12H,5-11H2,1-4H3. The van der Waals surface area contributed by atoms with Gasteiger partial charge >= 0.3 is 5.97 Å². The zero-order chi connectivity index (χ0) is 13.1. The maximum atomic E-state index is 13.9. The highest BCUT2D eigenvalue weighted by Gasteiger charge is 2.40. The lowest BCUT2D eigenvalue weighted by molar-refractivity contribution is -0.378. The molecule has 0 aliphatic heterocycles. The molecule has 0 aliphatic carbocycles. The molecule has 0 saturated carbocycles. The van der Waals surface area contributed by atoms with E-state index in [2.05, 4.69) is 6.92 Å². The zero-order valence-electron chi connectivity index (χ0n) is 11.6. The first-order valence-corrected chi connectivity index (χ1v) is 6.46. The predicted molar refractivity (Wildman–Crippen MR) is 66.6 cm³/mol. The summed E-state index contributed by atoms with van der Waals surface area (Å²) in [5.74, 6) is -1.54. The van der Waals surface area contributed by atoms with Crippen LogP contribution in [0.1, 0.15) is 51.9 Å². The van der Waals surface area contributed by atoms with Gasteiger partial charge in [-0.05, 0) is 6.42 Å². The average molecular weight is 250 g/mol. The van der Waals surface area contributed by atoms with E-state index in [4.69, 9.17) is 14.2 Å². The van der Waals surface area contributed by atoms with Gasteiger partial charge in [0.15, 0.2) is 6.17 Å². The smallest absolute Gasteiger partial charge is 0.315 e. The Hall–Kier alpha value is -0.190. The normalized spacial score (nSPS) is 13.9. The summed E-state index contributed by atoms with van der Waals surface area (Å²) in [6, 6.07) is 0. The van der Waals surface area contributed by atoms with E-state index in [0.29, 0.717) is 6.42 Å². The lowest BCUT2D eigenvalue weighted by atomic mass is 10.1. The van der Waals surface area contributed by atoms with Gasteiger partial charge in [-0.3, -0.25) is 0 Å². The van der Waals surface area contributed by atoms with Crippen molar-refractivity contribution in [1.82, 2.24) is 0 Å². The Labute approximate surface area is 105 Å². The second-order valence-corrected chi connectivity index (χ2v) is 4.24. The van der Waals surface area contributed by atoms with Gasteiger partial charge in [0.1, 0.15) is 0 Å². The van der Waals surface area contributed by atoms with Gasteiger partial charge in [0.05, 0.1) is 0 Å². The van der Waals surface area contributed by atoms with Gasteiger partial charge in [0.2, 0.25) is 0 Å². The number of unbranched alkanes of at least 4 members (excludes halogenated alkanes) is 5. The Morgan fingerprint density at radius 1 is 0.882 bits per heavy atom. The van der Waals surface area contributed by atoms with Crippen LogP contribution in [0.5, 0.6) is 0 Å². The summed E-state index contributed by atoms with van der Waals surface area (Å²) in [4.78, 5) is 0. The summed E-state index contributed by atoms with van der Waals surface area (Å²) >= 11 is 0. The molecule has 0 N–H and O–H groups in total. The van der Waals surface area contributed by atoms with E-state index in [1.165, 1.54) is 47.0 Å². The van der Waals surface area contributed by atoms with Crippen molar-refractivity contribution in [3.05, 3.63) is 0 Å². The first kappa shape index (κ1) is 16.8. The molecule has 0 heterocycles. The van der Waals surface area contributed by atoms with Gasteiger partial charge < -0.3 is 14.2 Å². The Morgan fingerprint density at radius 3 is 1.82 bits per heavy atom. The lowest BCUT2D eigenvalue weighted by Crippen LogP contribution is -2.45. The zero-order valence-corrected chi connectivity index (χ0v) is 11.6. The molecule has 1 atom stereocenters. The summed E-state index contributed by atoms with van der Waals surface area (Å²) in [7, 11) is 4.17. The Balaban J connectivity index is 3.79. The maximum Gasteiger partial charge on any atom is 0.315 e. The monoisotopic (exact) mass is 250 g/mol. The molecule has 3 nitrogen and oxygen atoms in total. The van der Waals surface area contributed by atoms with Gasteiger partial charge in [-0.25, -0.2) is 4.39 Å². The van der Waals surface area contributed by atoms with Crippen LogP contribution in [0.15, 0.2) is 0 Å². The van der Waals surface area contributed by atoms with Crippen LogP contribution in [0, 0.1) is 0 Å². The molecular formula is C13H27FO3. The highest BCUT2D eigenvalue weighted by molar-refractivity contribution is 4.69. The van der Waals surface area contributed by atoms with Crippen molar-refractivity contribution in [1.29, 1.82) is 0 Å². The van der Waals surface area contributed by atoms with E-state index in [9.17, 15) is 4.39 Å². The molecule has 0 spiro atoms. The molecule has 0 fully saturated rings. The molecule has 0 bridgehead atoms. The summed E-state index contributed by atoms with van der Waals surface area (Å²) in [5.41, 5.74) is 0. The van der Waals surface area contributed by atoms with Gasteiger partial charge in [-0.1, -0.05) is 45.4 Å². The number of hydrogen-bond donors (Lipinski definition) is 0. The third-order valence-electron chi connectivity index (χ3n) is 3.05. The molecule has 0 aromatic carbocycles. The Kier molecular flexibility index (Phi) is 9.69. The quantitative estimate of drug-likeness (QED) is 0.413. The van der Waals surface area contributed by atoms with Gasteiger partial charge in [-0.2, -0.15) is 0 Å². The highest BCUT2D eigenvalue weighted by atomic mass is 19.1. The summed E-state index contributed by atoms with van der Waals surface area (Å²) in [5, 5.41) is 0. The Morgan fingerprint density at radius 2 is 1.35 bits per heavy atom. The second-order valence-electron chi connectivity index (χ2n) is 4.24. The minimum atomic E-state index is -1.54. The molecule has 0 rings (SSSR count). The van der Waals surface area contributed by atoms with Crippen molar-refractivity contribution in [2.75, 3.05) is 21.3 Å². The summed E-state index contributed by atoms with van der Waals surface area (Å²) < 4.78 is 28.8. The third kappa shape index (κ3) is 5.80. The SMILES string of the molecule is CCCCCCCCC(F)C(OC)(OC)OC. The Bertz CT molecular complexity index is 164. The highest BCUT2D eigenvalue weighted by Crippen LogP contribution is 2.25. The van der Waals surface area contributed by atoms with E-state index < -0.39 is 12.1 Å². The molecule has 17 heavy (non-hydrogen) atoms. The molecule has 0 aliphatic rings. The number of methoxy groups -OCH3 is 3. The van der Waals surface area contributed by atoms with Crippen LogP contribution in [-0.4, -0.2) is 33.5 Å². The maximum absolute atomic E-state index is 13.9. The van der Waals surface area contributed by atoms with Crippen LogP contribution in [0.25, 0.3) is 0 Å². The van der Waals surface area contributed by atoms with Crippen LogP contribution in [0.2, 0.25) is 0 Å². The minimum absolute atomic E-state index is 0.404. The fourth-order valence-corrected chi connectivity index (χ4v) is 1.91. The van der Waals surface area contributed by atoms with E-state index in [0.717, 1.165) is 12.8 Å². The third-order valence-corrected chi connectivity index (χ3v) is 3.05. The first-order valence-electron chi connectivity index (χ1n) is 6.46. The largest absolute Gasteiger partial charge is 0.329 e. The molecule has 0 amide bonds. The number of rotatable bonds is 11. The van der Waals surface area contributed by atoms with Crippen molar-refractivity contribution >= 4 is 0 Å². The molecular weight excluding hydrogens is 223 g/mol. The van der Waals surface area contributed by atoms with Crippen molar-refractivity contribution in [2.24, 2.45) is 0 Å². The average Bonchev–Trinajstić information content (AvgIpc) is 2.36. The van der Waals surface area contributed by atoms with Crippen molar-refractivity contribution in [3.8, 4) is 0 Å². The fraction of sp³-hybridized carbons (Fsp3) is 1.00. The lowest BCUT2D eigenvalue weighted by Gasteiger charge is -2.31. The van der Waals surface area contributed by atoms with Gasteiger partial charge in [0, 0.05) is 21.3 Å². The van der Waals surface area contributed by atoms with Crippen LogP contribution >= 0.6 is 0 Å². The van der Waals surface area contributed by atoms with Gasteiger partial charge in [-0.15, -0.1) is 0 Å². The predicted octanol–water partition coefficient (Wildman–Crippen LogP) is 3.67. The molecule has 0 aromatic heterocycles. The minimum Gasteiger partial charge on any atom is -0.329 e. The number of ether oxygens (including phenoxy) is 3. The summed E-state index contributed by atoms with van der Waals surface area (Å²) in [6.45, 7) is 2.18. The molecule has 0 saturated heterocycles. The van der Waals surface area contributed by atoms with Crippen molar-refractivity contribution in [3.63, 3.8) is 0 Å². The van der Waals surface area contributed by atoms with E-state index in [1.54, 1.807) is 0 Å². The van der Waals surface area contributed by atoms with Crippen LogP contribution in [0.4, 0.5) is 4.39 Å². The summed E-state index contributed by atoms with van der Waals surface area (Å²) in [6.07, 6.45) is 5.92. The molecule has 104 valence electrons. The second kappa shape index (κ2) is 9.80. The molecule has 4 heteroatoms. The van der Waals surface area contributed by atoms with Crippen molar-refractivity contribution in [2.45, 2.75) is 64.0 Å². The first-order chi connectivity index (χ1) is 8.16. The van der Waals surface area contributed by atoms with Crippen molar-refractivity contribution < 1.29 is 18.6 Å². The van der Waals surface area contributed by atoms with E-state index in [1.807, 2.05) is 0 Å². The molecule has 0 aromatic rings. The van der Waals surface area contributed by atoms with Gasteiger partial charge in [0.25, 0.3) is 0 Å². The molecule has 1 unspecified atom stereocenters. The number of alkyl halides is 1. The topological polar surface area (TPSA) is 27.7 Å².